The Hall–Kier alpha value is -3.26. The zero-order valence-electron chi connectivity index (χ0n) is 18.1. The lowest BCUT2D eigenvalue weighted by Gasteiger charge is -2.37. The Morgan fingerprint density at radius 1 is 1.19 bits per heavy atom. The van der Waals surface area contributed by atoms with Crippen LogP contribution in [0.2, 0.25) is 0 Å². The highest BCUT2D eigenvalue weighted by Gasteiger charge is 2.25. The maximum Gasteiger partial charge on any atom is 0.159 e. The van der Waals surface area contributed by atoms with Crippen LogP contribution in [0.1, 0.15) is 30.7 Å². The van der Waals surface area contributed by atoms with E-state index in [-0.39, 0.29) is 0 Å². The molecule has 1 aliphatic heterocycles. The van der Waals surface area contributed by atoms with Crippen LogP contribution in [0.25, 0.3) is 10.8 Å². The highest BCUT2D eigenvalue weighted by Crippen LogP contribution is 2.29. The first-order chi connectivity index (χ1) is 15.2. The average Bonchev–Trinajstić information content (AvgIpc) is 2.83. The van der Waals surface area contributed by atoms with Gasteiger partial charge in [0.05, 0.1) is 11.4 Å². The average molecular weight is 417 g/mol. The maximum absolute atomic E-state index is 7.45. The summed E-state index contributed by atoms with van der Waals surface area (Å²) in [5, 5.41) is 18.7. The molecule has 1 fully saturated rings. The Labute approximate surface area is 182 Å². The van der Waals surface area contributed by atoms with Crippen LogP contribution < -0.4 is 4.90 Å². The molecule has 0 amide bonds. The fourth-order valence-electron chi connectivity index (χ4n) is 4.24. The van der Waals surface area contributed by atoms with Crippen LogP contribution >= 0.6 is 0 Å². The standard InChI is InChI=1S/C23H28N8/c1-25-21(7-11-24)22-19-5-3-4-6-20(19)23(29-28-22)31-13-9-18(10-14-31)30(2)15-17-8-12-26-16-27-17/h3-6,8,11-12,16,18,24H,7,9-10,13-15H2,1-2H3. The van der Waals surface area contributed by atoms with Gasteiger partial charge in [0, 0.05) is 62.3 Å². The normalized spacial score (nSPS) is 15.6. The second-order valence-corrected chi connectivity index (χ2v) is 7.83. The van der Waals surface area contributed by atoms with E-state index in [1.54, 1.807) is 19.6 Å². The topological polar surface area (TPSA) is 94.2 Å². The molecule has 2 aromatic heterocycles. The van der Waals surface area contributed by atoms with E-state index in [9.17, 15) is 0 Å². The number of hydrogen-bond acceptors (Lipinski definition) is 8. The van der Waals surface area contributed by atoms with Gasteiger partial charge in [-0.15, -0.1) is 10.2 Å². The summed E-state index contributed by atoms with van der Waals surface area (Å²) >= 11 is 0. The first-order valence-electron chi connectivity index (χ1n) is 10.6. The molecule has 3 aromatic rings. The molecule has 0 bridgehead atoms. The molecule has 8 nitrogen and oxygen atoms in total. The smallest absolute Gasteiger partial charge is 0.159 e. The number of aliphatic imine (C=N–C) groups is 1. The molecule has 3 heterocycles. The van der Waals surface area contributed by atoms with Crippen LogP contribution in [-0.2, 0) is 6.54 Å². The highest BCUT2D eigenvalue weighted by molar-refractivity contribution is 6.14. The lowest BCUT2D eigenvalue weighted by Crippen LogP contribution is -2.43. The number of fused-ring (bicyclic) bond motifs is 1. The van der Waals surface area contributed by atoms with Gasteiger partial charge in [0.1, 0.15) is 12.0 Å². The third-order valence-corrected chi connectivity index (χ3v) is 5.95. The number of nitrogens with zero attached hydrogens (tertiary/aromatic N) is 7. The molecule has 31 heavy (non-hydrogen) atoms. The minimum atomic E-state index is 0.457. The Morgan fingerprint density at radius 3 is 2.65 bits per heavy atom. The predicted molar refractivity (Wildman–Crippen MR) is 124 cm³/mol. The largest absolute Gasteiger partial charge is 0.354 e. The van der Waals surface area contributed by atoms with Gasteiger partial charge in [-0.3, -0.25) is 9.89 Å². The Bertz CT molecular complexity index is 1060. The minimum Gasteiger partial charge on any atom is -0.354 e. The fraction of sp³-hybridized carbons (Fsp3) is 0.391. The number of nitrogens with one attached hydrogen (secondary N) is 1. The minimum absolute atomic E-state index is 0.457. The maximum atomic E-state index is 7.45. The molecular weight excluding hydrogens is 388 g/mol. The molecule has 1 N–H and O–H groups in total. The van der Waals surface area contributed by atoms with Crippen molar-refractivity contribution in [2.24, 2.45) is 4.99 Å². The van der Waals surface area contributed by atoms with E-state index in [0.717, 1.165) is 66.2 Å². The summed E-state index contributed by atoms with van der Waals surface area (Å²) in [6.07, 6.45) is 7.34. The van der Waals surface area contributed by atoms with Crippen LogP contribution in [-0.4, -0.2) is 70.2 Å². The molecule has 1 aromatic carbocycles. The van der Waals surface area contributed by atoms with Gasteiger partial charge in [-0.1, -0.05) is 24.3 Å². The summed E-state index contributed by atoms with van der Waals surface area (Å²) in [4.78, 5) is 17.4. The summed E-state index contributed by atoms with van der Waals surface area (Å²) in [5.41, 5.74) is 2.60. The SMILES string of the molecule is CN=C(CC=N)c1nnc(N2CCC(N(C)Cc3ccncn3)CC2)c2ccccc12. The summed E-state index contributed by atoms with van der Waals surface area (Å²) < 4.78 is 0. The summed E-state index contributed by atoms with van der Waals surface area (Å²) in [7, 11) is 3.91. The van der Waals surface area contributed by atoms with Crippen molar-refractivity contribution < 1.29 is 0 Å². The molecule has 8 heteroatoms. The molecule has 4 rings (SSSR count). The van der Waals surface area contributed by atoms with Crippen molar-refractivity contribution >= 4 is 28.5 Å². The summed E-state index contributed by atoms with van der Waals surface area (Å²) in [5.74, 6) is 0.932. The van der Waals surface area contributed by atoms with Gasteiger partial charge in [-0.25, -0.2) is 9.97 Å². The van der Waals surface area contributed by atoms with Crippen molar-refractivity contribution in [2.45, 2.75) is 31.8 Å². The molecule has 1 aliphatic rings. The summed E-state index contributed by atoms with van der Waals surface area (Å²) in [6, 6.07) is 10.7. The van der Waals surface area contributed by atoms with Crippen LogP contribution in [0, 0.1) is 5.41 Å². The second-order valence-electron chi connectivity index (χ2n) is 7.83. The lowest BCUT2D eigenvalue weighted by atomic mass is 10.0. The molecule has 0 unspecified atom stereocenters. The zero-order valence-corrected chi connectivity index (χ0v) is 18.1. The number of anilines is 1. The first kappa shape index (κ1) is 21.0. The van der Waals surface area contributed by atoms with Crippen molar-refractivity contribution in [3.8, 4) is 0 Å². The summed E-state index contributed by atoms with van der Waals surface area (Å²) in [6.45, 7) is 2.70. The van der Waals surface area contributed by atoms with E-state index in [1.807, 2.05) is 18.2 Å². The van der Waals surface area contributed by atoms with Crippen molar-refractivity contribution in [1.29, 1.82) is 5.41 Å². The van der Waals surface area contributed by atoms with E-state index >= 15 is 0 Å². The van der Waals surface area contributed by atoms with Crippen molar-refractivity contribution in [1.82, 2.24) is 25.1 Å². The highest BCUT2D eigenvalue weighted by atomic mass is 15.3. The van der Waals surface area contributed by atoms with Gasteiger partial charge in [0.15, 0.2) is 5.82 Å². The molecular formula is C23H28N8. The molecule has 1 saturated heterocycles. The fourth-order valence-corrected chi connectivity index (χ4v) is 4.24. The number of aromatic nitrogens is 4. The monoisotopic (exact) mass is 416 g/mol. The van der Waals surface area contributed by atoms with Gasteiger partial charge in [0.2, 0.25) is 0 Å². The van der Waals surface area contributed by atoms with E-state index in [4.69, 9.17) is 5.41 Å². The number of hydrogen-bond donors (Lipinski definition) is 1. The molecule has 160 valence electrons. The van der Waals surface area contributed by atoms with E-state index in [1.165, 1.54) is 6.21 Å². The van der Waals surface area contributed by atoms with Gasteiger partial charge >= 0.3 is 0 Å². The Kier molecular flexibility index (Phi) is 6.57. The Balaban J connectivity index is 1.51. The number of piperidine rings is 1. The molecule has 0 saturated carbocycles. The number of benzene rings is 1. The van der Waals surface area contributed by atoms with Gasteiger partial charge in [-0.05, 0) is 26.0 Å². The third-order valence-electron chi connectivity index (χ3n) is 5.95. The third kappa shape index (κ3) is 4.59. The van der Waals surface area contributed by atoms with Gasteiger partial charge in [0.25, 0.3) is 0 Å². The van der Waals surface area contributed by atoms with Crippen LogP contribution in [0.4, 0.5) is 5.82 Å². The van der Waals surface area contributed by atoms with E-state index in [2.05, 4.69) is 54.1 Å². The van der Waals surface area contributed by atoms with Crippen LogP contribution in [0.15, 0.2) is 47.8 Å². The van der Waals surface area contributed by atoms with Crippen molar-refractivity contribution in [3.05, 3.63) is 54.2 Å². The molecule has 0 spiro atoms. The van der Waals surface area contributed by atoms with Crippen LogP contribution in [0.3, 0.4) is 0 Å². The zero-order chi connectivity index (χ0) is 21.6. The van der Waals surface area contributed by atoms with Gasteiger partial charge < -0.3 is 10.3 Å². The molecule has 0 atom stereocenters. The lowest BCUT2D eigenvalue weighted by molar-refractivity contribution is 0.198. The Morgan fingerprint density at radius 2 is 1.97 bits per heavy atom. The second kappa shape index (κ2) is 9.70. The first-order valence-corrected chi connectivity index (χ1v) is 10.6. The van der Waals surface area contributed by atoms with Crippen molar-refractivity contribution in [2.75, 3.05) is 32.1 Å². The predicted octanol–water partition coefficient (Wildman–Crippen LogP) is 2.98. The van der Waals surface area contributed by atoms with E-state index < -0.39 is 0 Å². The van der Waals surface area contributed by atoms with Crippen LogP contribution in [0.5, 0.6) is 0 Å². The van der Waals surface area contributed by atoms with E-state index in [0.29, 0.717) is 12.5 Å². The number of rotatable bonds is 7. The quantitative estimate of drug-likeness (QED) is 0.595. The molecule has 0 radical (unpaired) electrons. The molecule has 0 aliphatic carbocycles. The van der Waals surface area contributed by atoms with Crippen molar-refractivity contribution in [3.63, 3.8) is 0 Å². The van der Waals surface area contributed by atoms with Gasteiger partial charge in [-0.2, -0.15) is 0 Å².